The quantitative estimate of drug-likeness (QED) is 0.848. The molecule has 24 heavy (non-hydrogen) atoms. The van der Waals surface area contributed by atoms with E-state index in [9.17, 15) is 22.4 Å². The average Bonchev–Trinajstić information content (AvgIpc) is 3.03. The van der Waals surface area contributed by atoms with E-state index in [2.05, 4.69) is 10.2 Å². The van der Waals surface area contributed by atoms with Gasteiger partial charge in [0.1, 0.15) is 5.82 Å². The SMILES string of the molecule is O=C(c1cn[nH]c1-c1cccc(F)c1)N1CCC(C(F)(F)F)CC1. The lowest BCUT2D eigenvalue weighted by Crippen LogP contribution is -2.42. The standard InChI is InChI=1S/C16H15F4N3O/c17-12-3-1-2-10(8-12)14-13(9-21-22-14)15(24)23-6-4-11(5-7-23)16(18,19)20/h1-3,8-9,11H,4-7H2,(H,21,22). The lowest BCUT2D eigenvalue weighted by Gasteiger charge is -2.32. The summed E-state index contributed by atoms with van der Waals surface area (Å²) >= 11 is 0. The summed E-state index contributed by atoms with van der Waals surface area (Å²) in [6.45, 7) is 0.0769. The van der Waals surface area contributed by atoms with Crippen LogP contribution >= 0.6 is 0 Å². The number of aromatic nitrogens is 2. The van der Waals surface area contributed by atoms with Gasteiger partial charge < -0.3 is 4.90 Å². The van der Waals surface area contributed by atoms with E-state index in [1.165, 1.54) is 29.3 Å². The highest BCUT2D eigenvalue weighted by atomic mass is 19.4. The molecule has 1 aromatic heterocycles. The molecule has 2 aromatic rings. The Morgan fingerprint density at radius 3 is 2.58 bits per heavy atom. The van der Waals surface area contributed by atoms with Gasteiger partial charge >= 0.3 is 6.18 Å². The summed E-state index contributed by atoms with van der Waals surface area (Å²) in [5.74, 6) is -2.22. The van der Waals surface area contributed by atoms with Gasteiger partial charge in [-0.2, -0.15) is 18.3 Å². The highest BCUT2D eigenvalue weighted by Gasteiger charge is 2.42. The first-order valence-corrected chi connectivity index (χ1v) is 7.51. The Kier molecular flexibility index (Phi) is 4.29. The number of hydrogen-bond acceptors (Lipinski definition) is 2. The highest BCUT2D eigenvalue weighted by molar-refractivity contribution is 5.99. The normalized spacial score (nSPS) is 16.4. The number of carbonyl (C=O) groups excluding carboxylic acids is 1. The van der Waals surface area contributed by atoms with Gasteiger partial charge in [-0.05, 0) is 25.0 Å². The Bertz CT molecular complexity index is 733. The van der Waals surface area contributed by atoms with Crippen LogP contribution in [-0.4, -0.2) is 40.3 Å². The Balaban J connectivity index is 1.77. The van der Waals surface area contributed by atoms with E-state index in [1.807, 2.05) is 0 Å². The van der Waals surface area contributed by atoms with Crippen LogP contribution in [0, 0.1) is 11.7 Å². The number of piperidine rings is 1. The number of carbonyl (C=O) groups is 1. The van der Waals surface area contributed by atoms with Crippen molar-refractivity contribution in [3.63, 3.8) is 0 Å². The van der Waals surface area contributed by atoms with Crippen LogP contribution in [0.25, 0.3) is 11.3 Å². The van der Waals surface area contributed by atoms with E-state index < -0.39 is 23.8 Å². The molecule has 0 spiro atoms. The fourth-order valence-corrected chi connectivity index (χ4v) is 2.89. The second-order valence-corrected chi connectivity index (χ2v) is 5.78. The fourth-order valence-electron chi connectivity index (χ4n) is 2.89. The molecular weight excluding hydrogens is 326 g/mol. The number of H-pyrrole nitrogens is 1. The molecule has 0 atom stereocenters. The second kappa shape index (κ2) is 6.26. The van der Waals surface area contributed by atoms with Gasteiger partial charge in [-0.3, -0.25) is 9.89 Å². The Morgan fingerprint density at radius 1 is 1.25 bits per heavy atom. The van der Waals surface area contributed by atoms with E-state index in [-0.39, 0.29) is 31.5 Å². The van der Waals surface area contributed by atoms with Gasteiger partial charge in [-0.1, -0.05) is 12.1 Å². The van der Waals surface area contributed by atoms with Crippen molar-refractivity contribution in [1.29, 1.82) is 0 Å². The van der Waals surface area contributed by atoms with Crippen LogP contribution in [0.4, 0.5) is 17.6 Å². The highest BCUT2D eigenvalue weighted by Crippen LogP contribution is 2.34. The molecule has 0 saturated carbocycles. The molecule has 1 saturated heterocycles. The molecule has 3 rings (SSSR count). The number of amides is 1. The molecule has 0 bridgehead atoms. The van der Waals surface area contributed by atoms with Gasteiger partial charge in [0.15, 0.2) is 0 Å². The first-order chi connectivity index (χ1) is 11.4. The maximum absolute atomic E-state index is 13.4. The van der Waals surface area contributed by atoms with Crippen LogP contribution in [0.5, 0.6) is 0 Å². The molecule has 0 aliphatic carbocycles. The van der Waals surface area contributed by atoms with Crippen molar-refractivity contribution in [2.45, 2.75) is 19.0 Å². The van der Waals surface area contributed by atoms with E-state index in [1.54, 1.807) is 6.07 Å². The fraction of sp³-hybridized carbons (Fsp3) is 0.375. The van der Waals surface area contributed by atoms with Gasteiger partial charge in [0.2, 0.25) is 0 Å². The number of nitrogens with zero attached hydrogens (tertiary/aromatic N) is 2. The summed E-state index contributed by atoms with van der Waals surface area (Å²) in [6.07, 6.45) is -3.12. The molecule has 1 aliphatic rings. The lowest BCUT2D eigenvalue weighted by molar-refractivity contribution is -0.183. The third-order valence-corrected chi connectivity index (χ3v) is 4.23. The van der Waals surface area contributed by atoms with Crippen molar-refractivity contribution in [1.82, 2.24) is 15.1 Å². The summed E-state index contributed by atoms with van der Waals surface area (Å²) in [7, 11) is 0. The molecule has 1 N–H and O–H groups in total. The first kappa shape index (κ1) is 16.5. The zero-order chi connectivity index (χ0) is 17.3. The van der Waals surface area contributed by atoms with Gasteiger partial charge in [-0.15, -0.1) is 0 Å². The molecule has 1 aromatic carbocycles. The van der Waals surface area contributed by atoms with E-state index in [0.717, 1.165) is 0 Å². The third-order valence-electron chi connectivity index (χ3n) is 4.23. The molecule has 0 radical (unpaired) electrons. The van der Waals surface area contributed by atoms with Crippen molar-refractivity contribution >= 4 is 5.91 Å². The number of rotatable bonds is 2. The van der Waals surface area contributed by atoms with Crippen molar-refractivity contribution < 1.29 is 22.4 Å². The van der Waals surface area contributed by atoms with Gasteiger partial charge in [0, 0.05) is 18.7 Å². The molecule has 2 heterocycles. The summed E-state index contributed by atoms with van der Waals surface area (Å²) in [4.78, 5) is 14.0. The maximum Gasteiger partial charge on any atom is 0.391 e. The summed E-state index contributed by atoms with van der Waals surface area (Å²) in [5.41, 5.74) is 1.05. The number of hydrogen-bond donors (Lipinski definition) is 1. The lowest BCUT2D eigenvalue weighted by atomic mass is 9.95. The van der Waals surface area contributed by atoms with Crippen LogP contribution in [-0.2, 0) is 0 Å². The number of halogens is 4. The van der Waals surface area contributed by atoms with E-state index >= 15 is 0 Å². The zero-order valence-corrected chi connectivity index (χ0v) is 12.6. The molecule has 8 heteroatoms. The van der Waals surface area contributed by atoms with Crippen LogP contribution in [0.1, 0.15) is 23.2 Å². The largest absolute Gasteiger partial charge is 0.391 e. The van der Waals surface area contributed by atoms with Crippen LogP contribution in [0.3, 0.4) is 0 Å². The number of nitrogens with one attached hydrogen (secondary N) is 1. The van der Waals surface area contributed by atoms with Gasteiger partial charge in [-0.25, -0.2) is 4.39 Å². The minimum absolute atomic E-state index is 0.0385. The number of benzene rings is 1. The average molecular weight is 341 g/mol. The van der Waals surface area contributed by atoms with E-state index in [4.69, 9.17) is 0 Å². The minimum Gasteiger partial charge on any atom is -0.339 e. The molecule has 128 valence electrons. The summed E-state index contributed by atoms with van der Waals surface area (Å²) < 4.78 is 51.5. The van der Waals surface area contributed by atoms with Gasteiger partial charge in [0.05, 0.1) is 23.4 Å². The molecule has 4 nitrogen and oxygen atoms in total. The zero-order valence-electron chi connectivity index (χ0n) is 12.6. The maximum atomic E-state index is 13.4. The predicted molar refractivity (Wildman–Crippen MR) is 78.7 cm³/mol. The van der Waals surface area contributed by atoms with Crippen molar-refractivity contribution in [2.75, 3.05) is 13.1 Å². The summed E-state index contributed by atoms with van der Waals surface area (Å²) in [5, 5.41) is 6.48. The Labute approximate surface area is 135 Å². The monoisotopic (exact) mass is 341 g/mol. The van der Waals surface area contributed by atoms with Crippen LogP contribution in [0.2, 0.25) is 0 Å². The summed E-state index contributed by atoms with van der Waals surface area (Å²) in [6, 6.07) is 5.68. The van der Waals surface area contributed by atoms with Crippen LogP contribution in [0.15, 0.2) is 30.5 Å². The van der Waals surface area contributed by atoms with Crippen molar-refractivity contribution in [3.8, 4) is 11.3 Å². The second-order valence-electron chi connectivity index (χ2n) is 5.78. The van der Waals surface area contributed by atoms with Crippen molar-refractivity contribution in [3.05, 3.63) is 41.8 Å². The molecule has 1 fully saturated rings. The molecule has 1 aliphatic heterocycles. The Hall–Kier alpha value is -2.38. The molecule has 1 amide bonds. The van der Waals surface area contributed by atoms with Crippen LogP contribution < -0.4 is 0 Å². The topological polar surface area (TPSA) is 49.0 Å². The molecular formula is C16H15F4N3O. The minimum atomic E-state index is -4.22. The Morgan fingerprint density at radius 2 is 1.96 bits per heavy atom. The third kappa shape index (κ3) is 3.27. The predicted octanol–water partition coefficient (Wildman–Crippen LogP) is 3.63. The number of alkyl halides is 3. The van der Waals surface area contributed by atoms with Gasteiger partial charge in [0.25, 0.3) is 5.91 Å². The number of aromatic amines is 1. The smallest absolute Gasteiger partial charge is 0.339 e. The molecule has 0 unspecified atom stereocenters. The number of likely N-dealkylation sites (tertiary alicyclic amines) is 1. The van der Waals surface area contributed by atoms with E-state index in [0.29, 0.717) is 11.3 Å². The van der Waals surface area contributed by atoms with Crippen molar-refractivity contribution in [2.24, 2.45) is 5.92 Å². The first-order valence-electron chi connectivity index (χ1n) is 7.51.